The second kappa shape index (κ2) is 9.63. The van der Waals surface area contributed by atoms with E-state index in [1.54, 1.807) is 21.5 Å². The van der Waals surface area contributed by atoms with E-state index in [0.29, 0.717) is 18.1 Å². The van der Waals surface area contributed by atoms with Crippen molar-refractivity contribution in [3.05, 3.63) is 105 Å². The SMILES string of the molecule is Nc1ccccc1Cn1c(N2CCC[C@@H](N)C2)cc(=O)n(Cc2ccc(-n3cccn3)cc2)c1=O. The fraction of sp³-hybridized carbons (Fsp3) is 0.269. The van der Waals surface area contributed by atoms with Gasteiger partial charge in [0, 0.05) is 43.3 Å². The lowest BCUT2D eigenvalue weighted by Gasteiger charge is -2.34. The van der Waals surface area contributed by atoms with Gasteiger partial charge >= 0.3 is 5.69 Å². The molecule has 0 radical (unpaired) electrons. The highest BCUT2D eigenvalue weighted by Crippen LogP contribution is 2.20. The largest absolute Gasteiger partial charge is 0.398 e. The zero-order chi connectivity index (χ0) is 24.4. The van der Waals surface area contributed by atoms with Crippen molar-refractivity contribution in [2.45, 2.75) is 32.0 Å². The lowest BCUT2D eigenvalue weighted by Crippen LogP contribution is -2.48. The Morgan fingerprint density at radius 2 is 1.77 bits per heavy atom. The molecule has 1 saturated heterocycles. The van der Waals surface area contributed by atoms with Crippen molar-refractivity contribution in [1.82, 2.24) is 18.9 Å². The number of nitrogen functional groups attached to an aromatic ring is 1. The Hall–Kier alpha value is -4.11. The quantitative estimate of drug-likeness (QED) is 0.414. The third-order valence-electron chi connectivity index (χ3n) is 6.47. The lowest BCUT2D eigenvalue weighted by atomic mass is 10.1. The van der Waals surface area contributed by atoms with Gasteiger partial charge in [0.25, 0.3) is 5.56 Å². The van der Waals surface area contributed by atoms with E-state index in [0.717, 1.165) is 36.2 Å². The first-order valence-corrected chi connectivity index (χ1v) is 11.8. The second-order valence-corrected chi connectivity index (χ2v) is 8.96. The number of nitrogens with zero attached hydrogens (tertiary/aromatic N) is 5. The summed E-state index contributed by atoms with van der Waals surface area (Å²) in [6, 6.07) is 18.5. The fourth-order valence-corrected chi connectivity index (χ4v) is 4.59. The molecule has 0 saturated carbocycles. The lowest BCUT2D eigenvalue weighted by molar-refractivity contribution is 0.490. The maximum absolute atomic E-state index is 13.7. The number of aromatic nitrogens is 4. The average molecular weight is 472 g/mol. The van der Waals surface area contributed by atoms with Crippen LogP contribution in [-0.2, 0) is 13.1 Å². The molecule has 9 nitrogen and oxygen atoms in total. The van der Waals surface area contributed by atoms with Crippen molar-refractivity contribution in [3.63, 3.8) is 0 Å². The highest BCUT2D eigenvalue weighted by Gasteiger charge is 2.22. The van der Waals surface area contributed by atoms with Crippen LogP contribution in [0.2, 0.25) is 0 Å². The van der Waals surface area contributed by atoms with E-state index in [9.17, 15) is 9.59 Å². The van der Waals surface area contributed by atoms with Crippen molar-refractivity contribution in [3.8, 4) is 5.69 Å². The molecule has 5 rings (SSSR count). The Labute approximate surface area is 202 Å². The molecular formula is C26H29N7O2. The normalized spacial score (nSPS) is 15.9. The minimum atomic E-state index is -0.369. The van der Waals surface area contributed by atoms with Gasteiger partial charge in [-0.1, -0.05) is 30.3 Å². The van der Waals surface area contributed by atoms with Gasteiger partial charge in [-0.05, 0) is 48.2 Å². The van der Waals surface area contributed by atoms with Crippen LogP contribution in [0.4, 0.5) is 11.5 Å². The molecule has 9 heteroatoms. The molecule has 1 atom stereocenters. The topological polar surface area (TPSA) is 117 Å². The Morgan fingerprint density at radius 1 is 0.971 bits per heavy atom. The molecule has 1 aliphatic rings. The predicted octanol–water partition coefficient (Wildman–Crippen LogP) is 1.80. The summed E-state index contributed by atoms with van der Waals surface area (Å²) in [6.07, 6.45) is 5.41. The van der Waals surface area contributed by atoms with Gasteiger partial charge in [0.15, 0.2) is 0 Å². The van der Waals surface area contributed by atoms with Gasteiger partial charge in [0.2, 0.25) is 0 Å². The zero-order valence-electron chi connectivity index (χ0n) is 19.5. The molecule has 2 aromatic heterocycles. The van der Waals surface area contributed by atoms with Crippen LogP contribution in [-0.4, -0.2) is 38.0 Å². The van der Waals surface area contributed by atoms with Crippen LogP contribution in [0.5, 0.6) is 0 Å². The molecule has 35 heavy (non-hydrogen) atoms. The van der Waals surface area contributed by atoms with E-state index in [1.807, 2.05) is 65.7 Å². The molecule has 1 aliphatic heterocycles. The summed E-state index contributed by atoms with van der Waals surface area (Å²) in [4.78, 5) is 28.9. The van der Waals surface area contributed by atoms with Crippen molar-refractivity contribution in [2.24, 2.45) is 5.73 Å². The third kappa shape index (κ3) is 4.76. The first-order valence-electron chi connectivity index (χ1n) is 11.8. The summed E-state index contributed by atoms with van der Waals surface area (Å²) in [6.45, 7) is 1.78. The monoisotopic (exact) mass is 471 g/mol. The van der Waals surface area contributed by atoms with Crippen molar-refractivity contribution < 1.29 is 0 Å². The fourth-order valence-electron chi connectivity index (χ4n) is 4.59. The summed E-state index contributed by atoms with van der Waals surface area (Å²) < 4.78 is 4.67. The highest BCUT2D eigenvalue weighted by molar-refractivity contribution is 5.48. The van der Waals surface area contributed by atoms with Crippen LogP contribution in [0.15, 0.2) is 82.6 Å². The average Bonchev–Trinajstić information content (AvgIpc) is 3.40. The zero-order valence-corrected chi connectivity index (χ0v) is 19.5. The molecule has 4 N–H and O–H groups in total. The molecule has 4 aromatic rings. The van der Waals surface area contributed by atoms with Gasteiger partial charge in [-0.25, -0.2) is 9.48 Å². The number of hydrogen-bond acceptors (Lipinski definition) is 6. The number of piperidine rings is 1. The maximum atomic E-state index is 13.7. The van der Waals surface area contributed by atoms with Crippen molar-refractivity contribution in [1.29, 1.82) is 0 Å². The van der Waals surface area contributed by atoms with Crippen molar-refractivity contribution in [2.75, 3.05) is 23.7 Å². The number of para-hydroxylation sites is 1. The summed E-state index contributed by atoms with van der Waals surface area (Å²) >= 11 is 0. The second-order valence-electron chi connectivity index (χ2n) is 8.96. The minimum Gasteiger partial charge on any atom is -0.398 e. The van der Waals surface area contributed by atoms with Gasteiger partial charge in [0.05, 0.1) is 18.8 Å². The van der Waals surface area contributed by atoms with E-state index in [4.69, 9.17) is 11.5 Å². The molecule has 2 aromatic carbocycles. The standard InChI is InChI=1S/C26H29N7O2/c27-21-6-3-13-30(18-21)24-15-25(34)32(26(35)31(24)17-20-5-1-2-7-23(20)28)16-19-8-10-22(11-9-19)33-14-4-12-29-33/h1-2,4-5,7-12,14-15,21H,3,6,13,16-18,27-28H2/t21-/m1/s1. The van der Waals surface area contributed by atoms with Crippen LogP contribution < -0.4 is 27.6 Å². The third-order valence-corrected chi connectivity index (χ3v) is 6.47. The summed E-state index contributed by atoms with van der Waals surface area (Å²) in [7, 11) is 0. The van der Waals surface area contributed by atoms with Gasteiger partial charge < -0.3 is 16.4 Å². The molecule has 180 valence electrons. The van der Waals surface area contributed by atoms with Crippen molar-refractivity contribution >= 4 is 11.5 Å². The minimum absolute atomic E-state index is 0.00447. The Bertz CT molecular complexity index is 1420. The van der Waals surface area contributed by atoms with Crippen LogP contribution in [0.1, 0.15) is 24.0 Å². The molecule has 0 amide bonds. The number of nitrogens with two attached hydrogens (primary N) is 2. The number of hydrogen-bond donors (Lipinski definition) is 2. The maximum Gasteiger partial charge on any atom is 0.333 e. The smallest absolute Gasteiger partial charge is 0.333 e. The molecular weight excluding hydrogens is 442 g/mol. The van der Waals surface area contributed by atoms with Crippen LogP contribution in [0.25, 0.3) is 5.69 Å². The number of benzene rings is 2. The first kappa shape index (κ1) is 22.7. The van der Waals surface area contributed by atoms with E-state index in [2.05, 4.69) is 5.10 Å². The molecule has 0 unspecified atom stereocenters. The van der Waals surface area contributed by atoms with E-state index < -0.39 is 0 Å². The first-order chi connectivity index (χ1) is 17.0. The van der Waals surface area contributed by atoms with E-state index in [1.165, 1.54) is 4.57 Å². The Balaban J connectivity index is 1.53. The highest BCUT2D eigenvalue weighted by atomic mass is 16.2. The summed E-state index contributed by atoms with van der Waals surface area (Å²) in [5, 5.41) is 4.23. The van der Waals surface area contributed by atoms with E-state index in [-0.39, 0.29) is 30.4 Å². The molecule has 0 aliphatic carbocycles. The van der Waals surface area contributed by atoms with Crippen LogP contribution >= 0.6 is 0 Å². The molecule has 0 spiro atoms. The number of rotatable bonds is 6. The summed E-state index contributed by atoms with van der Waals surface area (Å²) in [5.41, 5.74) is 14.9. The van der Waals surface area contributed by atoms with Gasteiger partial charge in [-0.3, -0.25) is 13.9 Å². The van der Waals surface area contributed by atoms with E-state index >= 15 is 0 Å². The van der Waals surface area contributed by atoms with Gasteiger partial charge in [0.1, 0.15) is 5.82 Å². The summed E-state index contributed by atoms with van der Waals surface area (Å²) in [5.74, 6) is 0.587. The van der Waals surface area contributed by atoms with Crippen LogP contribution in [0.3, 0.4) is 0 Å². The Morgan fingerprint density at radius 3 is 2.49 bits per heavy atom. The molecule has 3 heterocycles. The van der Waals surface area contributed by atoms with Gasteiger partial charge in [-0.2, -0.15) is 5.10 Å². The Kier molecular flexibility index (Phi) is 6.24. The number of anilines is 2. The predicted molar refractivity (Wildman–Crippen MR) is 137 cm³/mol. The molecule has 0 bridgehead atoms. The molecule has 1 fully saturated rings. The van der Waals surface area contributed by atoms with Crippen LogP contribution in [0, 0.1) is 0 Å². The van der Waals surface area contributed by atoms with Gasteiger partial charge in [-0.15, -0.1) is 0 Å².